The molecule has 0 aliphatic carbocycles. The van der Waals surface area contributed by atoms with Crippen molar-refractivity contribution in [1.82, 2.24) is 15.5 Å². The predicted molar refractivity (Wildman–Crippen MR) is 67.7 cm³/mol. The molecule has 0 spiro atoms. The van der Waals surface area contributed by atoms with E-state index in [9.17, 15) is 4.79 Å². The van der Waals surface area contributed by atoms with Crippen molar-refractivity contribution in [3.63, 3.8) is 0 Å². The Bertz CT molecular complexity index is 587. The van der Waals surface area contributed by atoms with Crippen molar-refractivity contribution >= 4 is 5.91 Å². The number of nitrogens with one attached hydrogen (secondary N) is 1. The number of rotatable bonds is 6. The monoisotopic (exact) mass is 272 g/mol. The van der Waals surface area contributed by atoms with Crippen molar-refractivity contribution in [2.75, 3.05) is 13.2 Å². The third kappa shape index (κ3) is 4.10. The number of ether oxygens (including phenoxy) is 1. The summed E-state index contributed by atoms with van der Waals surface area (Å²) in [7, 11) is 0. The molecule has 7 nitrogen and oxygen atoms in total. The molecule has 0 saturated heterocycles. The van der Waals surface area contributed by atoms with Gasteiger partial charge >= 0.3 is 0 Å². The molecule has 7 heteroatoms. The van der Waals surface area contributed by atoms with E-state index in [2.05, 4.69) is 15.5 Å². The minimum atomic E-state index is -0.242. The molecule has 0 aliphatic rings. The van der Waals surface area contributed by atoms with Gasteiger partial charge in [-0.2, -0.15) is 10.2 Å². The van der Waals surface area contributed by atoms with Gasteiger partial charge in [0.25, 0.3) is 5.91 Å². The zero-order valence-electron chi connectivity index (χ0n) is 10.6. The zero-order valence-corrected chi connectivity index (χ0v) is 10.6. The largest absolute Gasteiger partial charge is 0.484 e. The molecule has 102 valence electrons. The number of aromatic nitrogens is 2. The van der Waals surface area contributed by atoms with E-state index in [0.717, 1.165) is 0 Å². The summed E-state index contributed by atoms with van der Waals surface area (Å²) in [4.78, 5) is 15.3. The van der Waals surface area contributed by atoms with Crippen LogP contribution in [0.15, 0.2) is 35.1 Å². The second-order valence-corrected chi connectivity index (χ2v) is 3.86. The lowest BCUT2D eigenvalue weighted by Gasteiger charge is -2.06. The molecular weight excluding hydrogens is 260 g/mol. The molecule has 0 fully saturated rings. The van der Waals surface area contributed by atoms with Crippen LogP contribution in [0.1, 0.15) is 11.5 Å². The lowest BCUT2D eigenvalue weighted by atomic mass is 10.2. The van der Waals surface area contributed by atoms with Crippen LogP contribution in [0.4, 0.5) is 0 Å². The van der Waals surface area contributed by atoms with E-state index in [0.29, 0.717) is 30.2 Å². The van der Waals surface area contributed by atoms with Gasteiger partial charge in [-0.25, -0.2) is 0 Å². The highest BCUT2D eigenvalue weighted by atomic mass is 16.5. The fraction of sp³-hybridized carbons (Fsp3) is 0.231. The smallest absolute Gasteiger partial charge is 0.257 e. The Balaban J connectivity index is 1.68. The minimum absolute atomic E-state index is 0.0876. The number of carbonyl (C=O) groups excluding carboxylic acids is 1. The Kier molecular flexibility index (Phi) is 4.67. The summed E-state index contributed by atoms with van der Waals surface area (Å²) in [5.74, 6) is 0.767. The van der Waals surface area contributed by atoms with Crippen molar-refractivity contribution < 1.29 is 14.1 Å². The molecule has 1 aromatic carbocycles. The highest BCUT2D eigenvalue weighted by Crippen LogP contribution is 2.11. The molecule has 0 atom stereocenters. The summed E-state index contributed by atoms with van der Waals surface area (Å²) in [5.41, 5.74) is 0.543. The van der Waals surface area contributed by atoms with Gasteiger partial charge in [0.2, 0.25) is 5.89 Å². The average molecular weight is 272 g/mol. The molecule has 0 saturated carbocycles. The number of nitrogens with zero attached hydrogens (tertiary/aromatic N) is 3. The Hall–Kier alpha value is -2.88. The first-order chi connectivity index (χ1) is 9.78. The Morgan fingerprint density at radius 2 is 2.20 bits per heavy atom. The van der Waals surface area contributed by atoms with Crippen LogP contribution in [0.5, 0.6) is 5.75 Å². The highest BCUT2D eigenvalue weighted by molar-refractivity contribution is 5.77. The molecular formula is C13H12N4O3. The normalized spacial score (nSPS) is 9.75. The summed E-state index contributed by atoms with van der Waals surface area (Å²) in [6.45, 7) is 0.313. The van der Waals surface area contributed by atoms with E-state index >= 15 is 0 Å². The maximum atomic E-state index is 11.5. The Morgan fingerprint density at radius 3 is 2.85 bits per heavy atom. The van der Waals surface area contributed by atoms with Crippen LogP contribution < -0.4 is 10.1 Å². The van der Waals surface area contributed by atoms with Gasteiger partial charge in [-0.3, -0.25) is 4.79 Å². The summed E-state index contributed by atoms with van der Waals surface area (Å²) in [6, 6.07) is 8.55. The van der Waals surface area contributed by atoms with Crippen molar-refractivity contribution in [1.29, 1.82) is 5.26 Å². The van der Waals surface area contributed by atoms with E-state index in [1.807, 2.05) is 6.07 Å². The van der Waals surface area contributed by atoms with Crippen LogP contribution in [0.25, 0.3) is 0 Å². The fourth-order valence-corrected chi connectivity index (χ4v) is 1.44. The Morgan fingerprint density at radius 1 is 1.40 bits per heavy atom. The molecule has 1 aromatic heterocycles. The van der Waals surface area contributed by atoms with Gasteiger partial charge < -0.3 is 14.6 Å². The van der Waals surface area contributed by atoms with Crippen LogP contribution in [0.2, 0.25) is 0 Å². The number of amides is 1. The molecule has 0 aliphatic heterocycles. The second kappa shape index (κ2) is 6.89. The van der Waals surface area contributed by atoms with E-state index in [-0.39, 0.29) is 12.5 Å². The van der Waals surface area contributed by atoms with Crippen molar-refractivity contribution in [2.24, 2.45) is 0 Å². The van der Waals surface area contributed by atoms with E-state index in [4.69, 9.17) is 14.5 Å². The van der Waals surface area contributed by atoms with Crippen LogP contribution in [-0.4, -0.2) is 29.2 Å². The summed E-state index contributed by atoms with van der Waals surface area (Å²) in [6.07, 6.45) is 1.79. The van der Waals surface area contributed by atoms with Gasteiger partial charge in [0, 0.05) is 13.0 Å². The number of hydrogen-bond donors (Lipinski definition) is 1. The van der Waals surface area contributed by atoms with Crippen LogP contribution >= 0.6 is 0 Å². The van der Waals surface area contributed by atoms with Gasteiger partial charge in [0.1, 0.15) is 5.75 Å². The maximum Gasteiger partial charge on any atom is 0.257 e. The molecule has 1 N–H and O–H groups in total. The molecule has 0 unspecified atom stereocenters. The lowest BCUT2D eigenvalue weighted by molar-refractivity contribution is -0.123. The van der Waals surface area contributed by atoms with Gasteiger partial charge in [-0.1, -0.05) is 5.16 Å². The van der Waals surface area contributed by atoms with Crippen LogP contribution in [0.3, 0.4) is 0 Å². The van der Waals surface area contributed by atoms with Crippen LogP contribution in [-0.2, 0) is 11.2 Å². The van der Waals surface area contributed by atoms with Crippen LogP contribution in [0, 0.1) is 11.3 Å². The molecule has 2 rings (SSSR count). The maximum absolute atomic E-state index is 11.5. The summed E-state index contributed by atoms with van der Waals surface area (Å²) in [5, 5.41) is 14.8. The van der Waals surface area contributed by atoms with Gasteiger partial charge in [-0.15, -0.1) is 0 Å². The minimum Gasteiger partial charge on any atom is -0.484 e. The fourth-order valence-electron chi connectivity index (χ4n) is 1.44. The van der Waals surface area contributed by atoms with Gasteiger partial charge in [-0.05, 0) is 24.3 Å². The number of benzene rings is 1. The second-order valence-electron chi connectivity index (χ2n) is 3.86. The lowest BCUT2D eigenvalue weighted by Crippen LogP contribution is -2.30. The standard InChI is InChI=1S/C13H12N4O3/c14-7-10-1-3-11(4-2-10)19-8-12(18)15-6-5-13-16-9-17-20-13/h1-4,9H,5-6,8H2,(H,15,18). The summed E-state index contributed by atoms with van der Waals surface area (Å²) >= 11 is 0. The highest BCUT2D eigenvalue weighted by Gasteiger charge is 2.04. The third-order valence-electron chi connectivity index (χ3n) is 2.42. The van der Waals surface area contributed by atoms with E-state index in [1.165, 1.54) is 6.33 Å². The Labute approximate surface area is 115 Å². The van der Waals surface area contributed by atoms with Crippen molar-refractivity contribution in [3.8, 4) is 11.8 Å². The molecule has 2 aromatic rings. The first-order valence-corrected chi connectivity index (χ1v) is 5.93. The third-order valence-corrected chi connectivity index (χ3v) is 2.42. The molecule has 0 bridgehead atoms. The molecule has 0 radical (unpaired) electrons. The van der Waals surface area contributed by atoms with E-state index < -0.39 is 0 Å². The molecule has 1 amide bonds. The number of nitriles is 1. The first kappa shape index (κ1) is 13.5. The van der Waals surface area contributed by atoms with Gasteiger partial charge in [0.15, 0.2) is 12.9 Å². The SMILES string of the molecule is N#Cc1ccc(OCC(=O)NCCc2ncno2)cc1. The van der Waals surface area contributed by atoms with Crippen molar-refractivity contribution in [2.45, 2.75) is 6.42 Å². The molecule has 1 heterocycles. The van der Waals surface area contributed by atoms with E-state index in [1.54, 1.807) is 24.3 Å². The quantitative estimate of drug-likeness (QED) is 0.829. The average Bonchev–Trinajstić information content (AvgIpc) is 2.99. The topological polar surface area (TPSA) is 101 Å². The van der Waals surface area contributed by atoms with Crippen molar-refractivity contribution in [3.05, 3.63) is 42.0 Å². The predicted octanol–water partition coefficient (Wildman–Crippen LogP) is 0.679. The molecule has 20 heavy (non-hydrogen) atoms. The van der Waals surface area contributed by atoms with Gasteiger partial charge in [0.05, 0.1) is 11.6 Å². The number of carbonyl (C=O) groups is 1. The zero-order chi connectivity index (χ0) is 14.2. The first-order valence-electron chi connectivity index (χ1n) is 5.93. The number of hydrogen-bond acceptors (Lipinski definition) is 6. The summed E-state index contributed by atoms with van der Waals surface area (Å²) < 4.78 is 10.1.